The molecule has 1 amide bonds. The van der Waals surface area contributed by atoms with E-state index in [1.165, 1.54) is 4.80 Å². The molecule has 104 valence electrons. The summed E-state index contributed by atoms with van der Waals surface area (Å²) in [6.07, 6.45) is 0. The van der Waals surface area contributed by atoms with Gasteiger partial charge in [-0.05, 0) is 17.3 Å². The van der Waals surface area contributed by atoms with Crippen LogP contribution in [0.3, 0.4) is 0 Å². The molecule has 0 bridgehead atoms. The Kier molecular flexibility index (Phi) is 3.68. The predicted molar refractivity (Wildman–Crippen MR) is 77.2 cm³/mol. The first kappa shape index (κ1) is 13.0. The molecule has 0 radical (unpaired) electrons. The molecule has 0 atom stereocenters. The van der Waals surface area contributed by atoms with Crippen LogP contribution >= 0.6 is 0 Å². The molecule has 6 heteroatoms. The molecule has 0 saturated heterocycles. The molecule has 0 aliphatic heterocycles. The first-order valence-electron chi connectivity index (χ1n) is 6.49. The normalized spacial score (nSPS) is 10.3. The van der Waals surface area contributed by atoms with Gasteiger partial charge in [0, 0.05) is 11.1 Å². The van der Waals surface area contributed by atoms with E-state index in [0.29, 0.717) is 11.4 Å². The van der Waals surface area contributed by atoms with Crippen molar-refractivity contribution in [1.82, 2.24) is 25.5 Å². The molecular weight excluding hydrogens is 266 g/mol. The summed E-state index contributed by atoms with van der Waals surface area (Å²) in [7, 11) is 0. The second-order valence-electron chi connectivity index (χ2n) is 4.38. The van der Waals surface area contributed by atoms with Crippen LogP contribution in [-0.4, -0.2) is 26.1 Å². The van der Waals surface area contributed by atoms with Gasteiger partial charge >= 0.3 is 0 Å². The van der Waals surface area contributed by atoms with Crippen molar-refractivity contribution >= 4 is 5.91 Å². The van der Waals surface area contributed by atoms with Crippen LogP contribution in [0.1, 0.15) is 10.4 Å². The van der Waals surface area contributed by atoms with Gasteiger partial charge in [-0.15, -0.1) is 15.0 Å². The maximum Gasteiger partial charge on any atom is 0.252 e. The lowest BCUT2D eigenvalue weighted by molar-refractivity contribution is 0.0937. The summed E-state index contributed by atoms with van der Waals surface area (Å²) in [6.45, 7) is 0.174. The Balaban J connectivity index is 1.64. The molecule has 2 aromatic carbocycles. The summed E-state index contributed by atoms with van der Waals surface area (Å²) in [4.78, 5) is 13.2. The van der Waals surface area contributed by atoms with E-state index in [9.17, 15) is 4.79 Å². The van der Waals surface area contributed by atoms with E-state index in [4.69, 9.17) is 0 Å². The fourth-order valence-corrected chi connectivity index (χ4v) is 1.85. The van der Waals surface area contributed by atoms with E-state index in [1.807, 2.05) is 48.5 Å². The molecule has 0 aliphatic rings. The van der Waals surface area contributed by atoms with Crippen molar-refractivity contribution in [3.63, 3.8) is 0 Å². The van der Waals surface area contributed by atoms with Gasteiger partial charge in [-0.1, -0.05) is 48.5 Å². The lowest BCUT2D eigenvalue weighted by atomic mass is 10.2. The molecule has 0 saturated carbocycles. The highest BCUT2D eigenvalue weighted by molar-refractivity contribution is 5.93. The highest BCUT2D eigenvalue weighted by Gasteiger charge is 2.07. The molecule has 21 heavy (non-hydrogen) atoms. The Labute approximate surface area is 121 Å². The van der Waals surface area contributed by atoms with E-state index >= 15 is 0 Å². The highest BCUT2D eigenvalue weighted by Crippen LogP contribution is 2.11. The number of hydrogen-bond acceptors (Lipinski definition) is 4. The quantitative estimate of drug-likeness (QED) is 0.789. The summed E-state index contributed by atoms with van der Waals surface area (Å²) < 4.78 is 0. The number of tetrazole rings is 1. The largest absolute Gasteiger partial charge is 0.331 e. The zero-order valence-electron chi connectivity index (χ0n) is 11.2. The lowest BCUT2D eigenvalue weighted by Crippen LogP contribution is -2.27. The van der Waals surface area contributed by atoms with Crippen LogP contribution in [0, 0.1) is 0 Å². The van der Waals surface area contributed by atoms with Crippen molar-refractivity contribution in [2.75, 3.05) is 0 Å². The Morgan fingerprint density at radius 2 is 1.67 bits per heavy atom. The van der Waals surface area contributed by atoms with Crippen LogP contribution in [-0.2, 0) is 6.67 Å². The molecule has 3 aromatic rings. The molecule has 1 heterocycles. The van der Waals surface area contributed by atoms with Crippen molar-refractivity contribution in [1.29, 1.82) is 0 Å². The number of amides is 1. The number of nitrogens with zero attached hydrogens (tertiary/aromatic N) is 4. The average molecular weight is 279 g/mol. The van der Waals surface area contributed by atoms with Gasteiger partial charge in [0.15, 0.2) is 0 Å². The van der Waals surface area contributed by atoms with Crippen molar-refractivity contribution in [3.8, 4) is 11.4 Å². The maximum absolute atomic E-state index is 11.9. The molecule has 1 aromatic heterocycles. The van der Waals surface area contributed by atoms with Gasteiger partial charge in [-0.3, -0.25) is 4.79 Å². The molecule has 0 spiro atoms. The van der Waals surface area contributed by atoms with Crippen LogP contribution < -0.4 is 5.32 Å². The fraction of sp³-hybridized carbons (Fsp3) is 0.0667. The Bertz CT molecular complexity index is 724. The molecular formula is C15H13N5O. The Morgan fingerprint density at radius 3 is 2.38 bits per heavy atom. The number of aromatic nitrogens is 4. The minimum atomic E-state index is -0.172. The van der Waals surface area contributed by atoms with Crippen molar-refractivity contribution in [2.45, 2.75) is 6.67 Å². The van der Waals surface area contributed by atoms with Gasteiger partial charge in [0.1, 0.15) is 6.67 Å². The van der Waals surface area contributed by atoms with Crippen molar-refractivity contribution < 1.29 is 4.79 Å². The van der Waals surface area contributed by atoms with Crippen molar-refractivity contribution in [3.05, 3.63) is 66.2 Å². The molecule has 0 unspecified atom stereocenters. The average Bonchev–Trinajstić information content (AvgIpc) is 3.03. The third kappa shape index (κ3) is 3.11. The summed E-state index contributed by atoms with van der Waals surface area (Å²) in [6, 6.07) is 18.6. The third-order valence-corrected chi connectivity index (χ3v) is 2.90. The maximum atomic E-state index is 11.9. The first-order valence-corrected chi connectivity index (χ1v) is 6.49. The van der Waals surface area contributed by atoms with Crippen LogP contribution in [0.15, 0.2) is 60.7 Å². The zero-order chi connectivity index (χ0) is 14.5. The third-order valence-electron chi connectivity index (χ3n) is 2.90. The second-order valence-corrected chi connectivity index (χ2v) is 4.38. The van der Waals surface area contributed by atoms with Gasteiger partial charge in [0.05, 0.1) is 0 Å². The van der Waals surface area contributed by atoms with E-state index in [1.54, 1.807) is 12.1 Å². The standard InChI is InChI=1S/C15H13N5O/c21-15(13-9-5-2-6-10-13)16-11-20-18-14(17-19-20)12-7-3-1-4-8-12/h1-10H,11H2,(H,16,21). The number of carbonyl (C=O) groups is 1. The SMILES string of the molecule is O=C(NCn1nnc(-c2ccccc2)n1)c1ccccc1. The predicted octanol–water partition coefficient (Wildman–Crippen LogP) is 1.73. The highest BCUT2D eigenvalue weighted by atomic mass is 16.1. The number of hydrogen-bond donors (Lipinski definition) is 1. The van der Waals surface area contributed by atoms with E-state index < -0.39 is 0 Å². The van der Waals surface area contributed by atoms with E-state index in [-0.39, 0.29) is 12.6 Å². The van der Waals surface area contributed by atoms with E-state index in [2.05, 4.69) is 20.7 Å². The smallest absolute Gasteiger partial charge is 0.252 e. The minimum absolute atomic E-state index is 0.172. The van der Waals surface area contributed by atoms with E-state index in [0.717, 1.165) is 5.56 Å². The Hall–Kier alpha value is -3.02. The van der Waals surface area contributed by atoms with Gasteiger partial charge in [-0.25, -0.2) is 0 Å². The number of benzene rings is 2. The van der Waals surface area contributed by atoms with Gasteiger partial charge in [0.2, 0.25) is 5.82 Å². The molecule has 0 fully saturated rings. The van der Waals surface area contributed by atoms with Crippen LogP contribution in [0.5, 0.6) is 0 Å². The first-order chi connectivity index (χ1) is 10.3. The molecule has 3 rings (SSSR count). The molecule has 1 N–H and O–H groups in total. The van der Waals surface area contributed by atoms with Crippen LogP contribution in [0.4, 0.5) is 0 Å². The fourth-order valence-electron chi connectivity index (χ4n) is 1.85. The molecule has 6 nitrogen and oxygen atoms in total. The van der Waals surface area contributed by atoms with Crippen molar-refractivity contribution in [2.24, 2.45) is 0 Å². The number of rotatable bonds is 4. The van der Waals surface area contributed by atoms with Gasteiger partial charge < -0.3 is 5.32 Å². The van der Waals surface area contributed by atoms with Gasteiger partial charge in [-0.2, -0.15) is 0 Å². The topological polar surface area (TPSA) is 72.7 Å². The zero-order valence-corrected chi connectivity index (χ0v) is 11.2. The Morgan fingerprint density at radius 1 is 1.00 bits per heavy atom. The lowest BCUT2D eigenvalue weighted by Gasteiger charge is -2.03. The van der Waals surface area contributed by atoms with Crippen LogP contribution in [0.25, 0.3) is 11.4 Å². The summed E-state index contributed by atoms with van der Waals surface area (Å²) in [5.41, 5.74) is 1.49. The molecule has 0 aliphatic carbocycles. The second kappa shape index (κ2) is 5.96. The monoisotopic (exact) mass is 279 g/mol. The number of carbonyl (C=O) groups excluding carboxylic acids is 1. The summed E-state index contributed by atoms with van der Waals surface area (Å²) in [5.74, 6) is 0.360. The van der Waals surface area contributed by atoms with Crippen LogP contribution in [0.2, 0.25) is 0 Å². The number of nitrogens with one attached hydrogen (secondary N) is 1. The summed E-state index contributed by atoms with van der Waals surface area (Å²) in [5, 5.41) is 14.9. The summed E-state index contributed by atoms with van der Waals surface area (Å²) >= 11 is 0. The minimum Gasteiger partial charge on any atom is -0.331 e. The van der Waals surface area contributed by atoms with Gasteiger partial charge in [0.25, 0.3) is 5.91 Å².